The number of carbonyl (C=O) groups is 2. The molecule has 4 heteroatoms. The van der Waals surface area contributed by atoms with Gasteiger partial charge in [0.1, 0.15) is 5.58 Å². The molecule has 116 valence electrons. The lowest BCUT2D eigenvalue weighted by Crippen LogP contribution is -2.05. The van der Waals surface area contributed by atoms with Crippen LogP contribution in [0.15, 0.2) is 46.9 Å². The molecule has 0 saturated heterocycles. The minimum atomic E-state index is -0.149. The highest BCUT2D eigenvalue weighted by Crippen LogP contribution is 2.29. The Bertz CT molecular complexity index is 904. The second kappa shape index (κ2) is 5.72. The summed E-state index contributed by atoms with van der Waals surface area (Å²) in [7, 11) is 0. The Hall–Kier alpha value is -2.88. The van der Waals surface area contributed by atoms with Crippen molar-refractivity contribution in [3.8, 4) is 0 Å². The third kappa shape index (κ3) is 2.88. The molecule has 0 unspecified atom stereocenters. The summed E-state index contributed by atoms with van der Waals surface area (Å²) in [4.78, 5) is 23.8. The van der Waals surface area contributed by atoms with E-state index in [1.54, 1.807) is 24.3 Å². The molecule has 1 aromatic heterocycles. The van der Waals surface area contributed by atoms with Crippen LogP contribution in [0.5, 0.6) is 0 Å². The molecular weight excluding hydrogens is 290 g/mol. The van der Waals surface area contributed by atoms with Crippen molar-refractivity contribution in [2.75, 3.05) is 5.32 Å². The number of rotatable bonds is 3. The maximum atomic E-state index is 12.6. The Morgan fingerprint density at radius 1 is 1.00 bits per heavy atom. The van der Waals surface area contributed by atoms with Crippen LogP contribution in [0.4, 0.5) is 5.69 Å². The van der Waals surface area contributed by atoms with Gasteiger partial charge in [-0.15, -0.1) is 0 Å². The van der Waals surface area contributed by atoms with E-state index in [0.29, 0.717) is 22.6 Å². The van der Waals surface area contributed by atoms with Crippen molar-refractivity contribution in [1.29, 1.82) is 0 Å². The molecule has 23 heavy (non-hydrogen) atoms. The standard InChI is InChI=1S/C19H17NO3/c1-11-4-6-14(7-5-11)18(22)19-12(2)16-9-8-15(20-13(3)21)10-17(16)23-19/h4-10H,1-3H3,(H,20,21). The van der Waals surface area contributed by atoms with Crippen LogP contribution in [0, 0.1) is 13.8 Å². The molecule has 0 bridgehead atoms. The molecule has 0 radical (unpaired) electrons. The first kappa shape index (κ1) is 15.0. The zero-order valence-electron chi connectivity index (χ0n) is 13.3. The molecule has 0 aliphatic rings. The summed E-state index contributed by atoms with van der Waals surface area (Å²) in [5, 5.41) is 3.58. The summed E-state index contributed by atoms with van der Waals surface area (Å²) in [6, 6.07) is 12.8. The van der Waals surface area contributed by atoms with Crippen molar-refractivity contribution in [3.05, 3.63) is 64.9 Å². The molecule has 1 heterocycles. The molecule has 0 spiro atoms. The van der Waals surface area contributed by atoms with Gasteiger partial charge in [0.15, 0.2) is 5.76 Å². The average Bonchev–Trinajstić information content (AvgIpc) is 2.83. The number of furan rings is 1. The number of ketones is 1. The van der Waals surface area contributed by atoms with Crippen LogP contribution in [0.3, 0.4) is 0 Å². The lowest BCUT2D eigenvalue weighted by Gasteiger charge is -2.00. The molecule has 0 fully saturated rings. The summed E-state index contributed by atoms with van der Waals surface area (Å²) >= 11 is 0. The Labute approximate surface area is 134 Å². The number of benzene rings is 2. The van der Waals surface area contributed by atoms with Gasteiger partial charge in [-0.2, -0.15) is 0 Å². The molecular formula is C19H17NO3. The van der Waals surface area contributed by atoms with Gasteiger partial charge < -0.3 is 9.73 Å². The van der Waals surface area contributed by atoms with E-state index in [9.17, 15) is 9.59 Å². The van der Waals surface area contributed by atoms with Crippen molar-refractivity contribution in [2.24, 2.45) is 0 Å². The van der Waals surface area contributed by atoms with Gasteiger partial charge in [-0.05, 0) is 26.0 Å². The summed E-state index contributed by atoms with van der Waals surface area (Å²) in [6.07, 6.45) is 0. The Morgan fingerprint density at radius 3 is 2.35 bits per heavy atom. The van der Waals surface area contributed by atoms with E-state index < -0.39 is 0 Å². The van der Waals surface area contributed by atoms with E-state index in [0.717, 1.165) is 16.5 Å². The van der Waals surface area contributed by atoms with Crippen LogP contribution >= 0.6 is 0 Å². The number of fused-ring (bicyclic) bond motifs is 1. The molecule has 4 nitrogen and oxygen atoms in total. The van der Waals surface area contributed by atoms with E-state index in [-0.39, 0.29) is 11.7 Å². The minimum Gasteiger partial charge on any atom is -0.452 e. The molecule has 3 rings (SSSR count). The topological polar surface area (TPSA) is 59.3 Å². The van der Waals surface area contributed by atoms with Crippen LogP contribution < -0.4 is 5.32 Å². The number of amides is 1. The summed E-state index contributed by atoms with van der Waals surface area (Å²) in [6.45, 7) is 5.29. The highest BCUT2D eigenvalue weighted by atomic mass is 16.3. The van der Waals surface area contributed by atoms with Gasteiger partial charge in [-0.25, -0.2) is 0 Å². The van der Waals surface area contributed by atoms with Crippen molar-refractivity contribution >= 4 is 28.3 Å². The second-order valence-corrected chi connectivity index (χ2v) is 5.64. The van der Waals surface area contributed by atoms with E-state index >= 15 is 0 Å². The smallest absolute Gasteiger partial charge is 0.228 e. The lowest BCUT2D eigenvalue weighted by atomic mass is 10.0. The molecule has 3 aromatic rings. The van der Waals surface area contributed by atoms with Gasteiger partial charge in [0.25, 0.3) is 0 Å². The maximum Gasteiger partial charge on any atom is 0.228 e. The molecule has 0 atom stereocenters. The van der Waals surface area contributed by atoms with Crippen LogP contribution in [0.1, 0.15) is 34.2 Å². The number of hydrogen-bond donors (Lipinski definition) is 1. The largest absolute Gasteiger partial charge is 0.452 e. The van der Waals surface area contributed by atoms with E-state index in [4.69, 9.17) is 4.42 Å². The number of nitrogens with one attached hydrogen (secondary N) is 1. The maximum absolute atomic E-state index is 12.6. The summed E-state index contributed by atoms with van der Waals surface area (Å²) in [5.74, 6) is 0.0483. The van der Waals surface area contributed by atoms with Crippen molar-refractivity contribution in [3.63, 3.8) is 0 Å². The number of hydrogen-bond acceptors (Lipinski definition) is 3. The molecule has 2 aromatic carbocycles. The zero-order valence-corrected chi connectivity index (χ0v) is 13.3. The highest BCUT2D eigenvalue weighted by molar-refractivity contribution is 6.10. The molecule has 0 aliphatic carbocycles. The van der Waals surface area contributed by atoms with Gasteiger partial charge >= 0.3 is 0 Å². The predicted molar refractivity (Wildman–Crippen MR) is 89.9 cm³/mol. The average molecular weight is 307 g/mol. The first-order chi connectivity index (χ1) is 11.0. The van der Waals surface area contributed by atoms with Crippen LogP contribution in [0.25, 0.3) is 11.0 Å². The Kier molecular flexibility index (Phi) is 3.74. The van der Waals surface area contributed by atoms with Gasteiger partial charge in [0.05, 0.1) is 0 Å². The Balaban J connectivity index is 2.04. The summed E-state index contributed by atoms with van der Waals surface area (Å²) in [5.41, 5.74) is 3.74. The summed E-state index contributed by atoms with van der Waals surface area (Å²) < 4.78 is 5.77. The molecule has 0 aliphatic heterocycles. The molecule has 1 N–H and O–H groups in total. The van der Waals surface area contributed by atoms with Crippen LogP contribution in [0.2, 0.25) is 0 Å². The lowest BCUT2D eigenvalue weighted by molar-refractivity contribution is -0.114. The van der Waals surface area contributed by atoms with E-state index in [1.807, 2.05) is 32.0 Å². The van der Waals surface area contributed by atoms with Gasteiger partial charge in [0, 0.05) is 35.2 Å². The van der Waals surface area contributed by atoms with Crippen molar-refractivity contribution < 1.29 is 14.0 Å². The van der Waals surface area contributed by atoms with Crippen molar-refractivity contribution in [2.45, 2.75) is 20.8 Å². The fraction of sp³-hybridized carbons (Fsp3) is 0.158. The van der Waals surface area contributed by atoms with Crippen LogP contribution in [-0.2, 0) is 4.79 Å². The van der Waals surface area contributed by atoms with Gasteiger partial charge in [-0.3, -0.25) is 9.59 Å². The molecule has 1 amide bonds. The normalized spacial score (nSPS) is 10.7. The zero-order chi connectivity index (χ0) is 16.6. The molecule has 0 saturated carbocycles. The second-order valence-electron chi connectivity index (χ2n) is 5.64. The minimum absolute atomic E-state index is 0.139. The monoisotopic (exact) mass is 307 g/mol. The number of carbonyl (C=O) groups excluding carboxylic acids is 2. The fourth-order valence-corrected chi connectivity index (χ4v) is 2.56. The fourth-order valence-electron chi connectivity index (χ4n) is 2.56. The highest BCUT2D eigenvalue weighted by Gasteiger charge is 2.19. The van der Waals surface area contributed by atoms with E-state index in [1.165, 1.54) is 6.92 Å². The van der Waals surface area contributed by atoms with Gasteiger partial charge in [0.2, 0.25) is 11.7 Å². The quantitative estimate of drug-likeness (QED) is 0.736. The SMILES string of the molecule is CC(=O)Nc1ccc2c(C)c(C(=O)c3ccc(C)cc3)oc2c1. The number of anilines is 1. The van der Waals surface area contributed by atoms with Crippen LogP contribution in [-0.4, -0.2) is 11.7 Å². The first-order valence-corrected chi connectivity index (χ1v) is 7.38. The van der Waals surface area contributed by atoms with E-state index in [2.05, 4.69) is 5.32 Å². The third-order valence-corrected chi connectivity index (χ3v) is 3.78. The predicted octanol–water partition coefficient (Wildman–Crippen LogP) is 4.24. The van der Waals surface area contributed by atoms with Crippen molar-refractivity contribution in [1.82, 2.24) is 0 Å². The number of aryl methyl sites for hydroxylation is 2. The first-order valence-electron chi connectivity index (χ1n) is 7.38. The van der Waals surface area contributed by atoms with Gasteiger partial charge in [-0.1, -0.05) is 29.8 Å². The third-order valence-electron chi connectivity index (χ3n) is 3.78. The Morgan fingerprint density at radius 2 is 1.70 bits per heavy atom.